The monoisotopic (exact) mass is 432 g/mol. The van der Waals surface area contributed by atoms with E-state index >= 15 is 0 Å². The van der Waals surface area contributed by atoms with Crippen LogP contribution in [0, 0.1) is 0 Å². The normalized spacial score (nSPS) is 11.8. The molecule has 1 amide bonds. The SMILES string of the molecule is O=C(Nc1ccc(Br)cn1)C(Sc1cccc(Cl)c1)c1ccccc1. The van der Waals surface area contributed by atoms with Crippen LogP contribution in [0.3, 0.4) is 0 Å². The second kappa shape index (κ2) is 8.52. The summed E-state index contributed by atoms with van der Waals surface area (Å²) < 4.78 is 0.860. The summed E-state index contributed by atoms with van der Waals surface area (Å²) in [7, 11) is 0. The summed E-state index contributed by atoms with van der Waals surface area (Å²) >= 11 is 10.9. The van der Waals surface area contributed by atoms with E-state index in [2.05, 4.69) is 26.2 Å². The van der Waals surface area contributed by atoms with Gasteiger partial charge in [0.05, 0.1) is 0 Å². The molecule has 0 radical (unpaired) electrons. The molecule has 0 aliphatic heterocycles. The Morgan fingerprint density at radius 2 is 1.88 bits per heavy atom. The van der Waals surface area contributed by atoms with E-state index in [-0.39, 0.29) is 5.91 Å². The molecule has 1 atom stereocenters. The molecule has 1 heterocycles. The van der Waals surface area contributed by atoms with Crippen molar-refractivity contribution in [3.63, 3.8) is 0 Å². The molecule has 0 aliphatic rings. The predicted molar refractivity (Wildman–Crippen MR) is 107 cm³/mol. The first-order chi connectivity index (χ1) is 12.1. The zero-order valence-electron chi connectivity index (χ0n) is 13.0. The average molecular weight is 434 g/mol. The van der Waals surface area contributed by atoms with Crippen LogP contribution in [0.25, 0.3) is 0 Å². The van der Waals surface area contributed by atoms with Crippen molar-refractivity contribution in [3.05, 3.63) is 88.0 Å². The van der Waals surface area contributed by atoms with E-state index in [9.17, 15) is 4.79 Å². The minimum Gasteiger partial charge on any atom is -0.309 e. The molecule has 0 bridgehead atoms. The average Bonchev–Trinajstić information content (AvgIpc) is 2.62. The van der Waals surface area contributed by atoms with Gasteiger partial charge in [0.1, 0.15) is 11.1 Å². The van der Waals surface area contributed by atoms with Crippen molar-refractivity contribution >= 4 is 51.0 Å². The number of amides is 1. The number of nitrogens with one attached hydrogen (secondary N) is 1. The minimum absolute atomic E-state index is 0.133. The van der Waals surface area contributed by atoms with Crippen molar-refractivity contribution in [2.24, 2.45) is 0 Å². The van der Waals surface area contributed by atoms with Crippen LogP contribution in [0.4, 0.5) is 5.82 Å². The van der Waals surface area contributed by atoms with Crippen molar-refractivity contribution in [1.29, 1.82) is 0 Å². The Morgan fingerprint density at radius 1 is 1.08 bits per heavy atom. The second-order valence-electron chi connectivity index (χ2n) is 5.22. The molecule has 25 heavy (non-hydrogen) atoms. The summed E-state index contributed by atoms with van der Waals surface area (Å²) in [6.07, 6.45) is 1.65. The lowest BCUT2D eigenvalue weighted by molar-refractivity contribution is -0.115. The van der Waals surface area contributed by atoms with Gasteiger partial charge in [-0.15, -0.1) is 11.8 Å². The number of benzene rings is 2. The number of rotatable bonds is 5. The second-order valence-corrected chi connectivity index (χ2v) is 7.75. The topological polar surface area (TPSA) is 42.0 Å². The van der Waals surface area contributed by atoms with Gasteiger partial charge in [-0.25, -0.2) is 4.98 Å². The van der Waals surface area contributed by atoms with E-state index in [1.807, 2.05) is 60.7 Å². The Kier molecular flexibility index (Phi) is 6.13. The highest BCUT2D eigenvalue weighted by atomic mass is 79.9. The summed E-state index contributed by atoms with van der Waals surface area (Å²) in [6, 6.07) is 20.7. The van der Waals surface area contributed by atoms with Gasteiger partial charge < -0.3 is 5.32 Å². The molecule has 3 rings (SSSR count). The van der Waals surface area contributed by atoms with E-state index in [0.717, 1.165) is 14.9 Å². The van der Waals surface area contributed by atoms with Crippen LogP contribution in [-0.4, -0.2) is 10.9 Å². The molecule has 0 aliphatic carbocycles. The summed E-state index contributed by atoms with van der Waals surface area (Å²) in [5.41, 5.74) is 0.919. The predicted octanol–water partition coefficient (Wildman–Crippen LogP) is 5.97. The largest absolute Gasteiger partial charge is 0.309 e. The molecule has 3 aromatic rings. The quantitative estimate of drug-likeness (QED) is 0.504. The van der Waals surface area contributed by atoms with Gasteiger partial charge in [0.25, 0.3) is 0 Å². The zero-order valence-corrected chi connectivity index (χ0v) is 16.2. The number of pyridine rings is 1. The van der Waals surface area contributed by atoms with Crippen molar-refractivity contribution < 1.29 is 4.79 Å². The molecule has 126 valence electrons. The first kappa shape index (κ1) is 18.0. The highest BCUT2D eigenvalue weighted by Crippen LogP contribution is 2.37. The molecular formula is C19H14BrClN2OS. The maximum atomic E-state index is 12.9. The van der Waals surface area contributed by atoms with E-state index < -0.39 is 5.25 Å². The van der Waals surface area contributed by atoms with Gasteiger partial charge in [0, 0.05) is 20.6 Å². The molecule has 1 unspecified atom stereocenters. The smallest absolute Gasteiger partial charge is 0.243 e. The fourth-order valence-corrected chi connectivity index (χ4v) is 3.79. The standard InChI is InChI=1S/C19H14BrClN2OS/c20-14-9-10-17(22-12-14)23-19(24)18(13-5-2-1-3-6-13)25-16-8-4-7-15(21)11-16/h1-12,18H,(H,22,23,24). The molecule has 0 spiro atoms. The Balaban J connectivity index is 1.85. The van der Waals surface area contributed by atoms with Gasteiger partial charge in [-0.1, -0.05) is 48.0 Å². The molecule has 6 heteroatoms. The molecule has 0 fully saturated rings. The lowest BCUT2D eigenvalue weighted by Gasteiger charge is -2.17. The van der Waals surface area contributed by atoms with E-state index in [1.54, 1.807) is 12.3 Å². The van der Waals surface area contributed by atoms with Crippen molar-refractivity contribution in [2.75, 3.05) is 5.32 Å². The van der Waals surface area contributed by atoms with E-state index in [0.29, 0.717) is 10.8 Å². The Bertz CT molecular complexity index is 859. The fourth-order valence-electron chi connectivity index (χ4n) is 2.22. The lowest BCUT2D eigenvalue weighted by Crippen LogP contribution is -2.19. The zero-order chi connectivity index (χ0) is 17.6. The van der Waals surface area contributed by atoms with Crippen molar-refractivity contribution in [2.45, 2.75) is 10.1 Å². The maximum absolute atomic E-state index is 12.9. The number of halogens is 2. The van der Waals surface area contributed by atoms with Crippen LogP contribution in [0.1, 0.15) is 10.8 Å². The van der Waals surface area contributed by atoms with Crippen LogP contribution >= 0.6 is 39.3 Å². The van der Waals surface area contributed by atoms with E-state index in [1.165, 1.54) is 11.8 Å². The van der Waals surface area contributed by atoms with Crippen molar-refractivity contribution in [1.82, 2.24) is 4.98 Å². The third-order valence-corrected chi connectivity index (χ3v) is 5.32. The summed E-state index contributed by atoms with van der Waals surface area (Å²) in [5.74, 6) is 0.381. The highest BCUT2D eigenvalue weighted by Gasteiger charge is 2.22. The number of carbonyl (C=O) groups is 1. The summed E-state index contributed by atoms with van der Waals surface area (Å²) in [5, 5.41) is 3.11. The molecule has 2 aromatic carbocycles. The number of carbonyl (C=O) groups excluding carboxylic acids is 1. The first-order valence-corrected chi connectivity index (χ1v) is 9.56. The number of aromatic nitrogens is 1. The number of anilines is 1. The van der Waals surface area contributed by atoms with Crippen LogP contribution in [0.15, 0.2) is 82.3 Å². The summed E-state index contributed by atoms with van der Waals surface area (Å²) in [4.78, 5) is 18.0. The molecule has 1 N–H and O–H groups in total. The van der Waals surface area contributed by atoms with Gasteiger partial charge in [-0.2, -0.15) is 0 Å². The van der Waals surface area contributed by atoms with Crippen LogP contribution < -0.4 is 5.32 Å². The Labute approximate surface area is 164 Å². The van der Waals surface area contributed by atoms with Gasteiger partial charge in [0.15, 0.2) is 0 Å². The molecular weight excluding hydrogens is 420 g/mol. The molecule has 3 nitrogen and oxygen atoms in total. The molecule has 0 saturated carbocycles. The third-order valence-electron chi connectivity index (χ3n) is 3.37. The highest BCUT2D eigenvalue weighted by molar-refractivity contribution is 9.10. The Morgan fingerprint density at radius 3 is 2.56 bits per heavy atom. The fraction of sp³-hybridized carbons (Fsp3) is 0.0526. The van der Waals surface area contributed by atoms with Gasteiger partial charge in [-0.05, 0) is 51.8 Å². The van der Waals surface area contributed by atoms with E-state index in [4.69, 9.17) is 11.6 Å². The van der Waals surface area contributed by atoms with Crippen LogP contribution in [0.2, 0.25) is 5.02 Å². The van der Waals surface area contributed by atoms with Gasteiger partial charge in [0.2, 0.25) is 5.91 Å². The van der Waals surface area contributed by atoms with Crippen LogP contribution in [-0.2, 0) is 4.79 Å². The number of thioether (sulfide) groups is 1. The number of hydrogen-bond donors (Lipinski definition) is 1. The Hall–Kier alpha value is -1.82. The number of hydrogen-bond acceptors (Lipinski definition) is 3. The summed E-state index contributed by atoms with van der Waals surface area (Å²) in [6.45, 7) is 0. The number of nitrogens with zero attached hydrogens (tertiary/aromatic N) is 1. The first-order valence-electron chi connectivity index (χ1n) is 7.51. The van der Waals surface area contributed by atoms with Crippen LogP contribution in [0.5, 0.6) is 0 Å². The van der Waals surface area contributed by atoms with Gasteiger partial charge in [-0.3, -0.25) is 4.79 Å². The molecule has 0 saturated heterocycles. The third kappa shape index (κ3) is 5.08. The molecule has 1 aromatic heterocycles. The minimum atomic E-state index is -0.412. The maximum Gasteiger partial charge on any atom is 0.243 e. The lowest BCUT2D eigenvalue weighted by atomic mass is 10.1. The van der Waals surface area contributed by atoms with Crippen molar-refractivity contribution in [3.8, 4) is 0 Å². The van der Waals surface area contributed by atoms with Gasteiger partial charge >= 0.3 is 0 Å².